The highest BCUT2D eigenvalue weighted by Gasteiger charge is 2.21. The van der Waals surface area contributed by atoms with Crippen LogP contribution < -0.4 is 4.74 Å². The molecule has 18 heavy (non-hydrogen) atoms. The summed E-state index contributed by atoms with van der Waals surface area (Å²) in [6.45, 7) is 5.92. The zero-order valence-electron chi connectivity index (χ0n) is 11.8. The van der Waals surface area contributed by atoms with E-state index in [2.05, 4.69) is 5.10 Å². The third-order valence-electron chi connectivity index (χ3n) is 2.92. The summed E-state index contributed by atoms with van der Waals surface area (Å²) in [4.78, 5) is 12.2. The molecule has 0 saturated heterocycles. The van der Waals surface area contributed by atoms with E-state index < -0.39 is 0 Å². The third kappa shape index (κ3) is 3.32. The number of Topliss-reactive ketones (excluding diaryl/α,β-unsaturated/α-hetero) is 1. The van der Waals surface area contributed by atoms with Crippen molar-refractivity contribution in [3.63, 3.8) is 0 Å². The molecular weight excluding hydrogens is 232 g/mol. The molecular formula is C13H22N2O3. The summed E-state index contributed by atoms with van der Waals surface area (Å²) in [5.74, 6) is 0.584. The molecule has 0 radical (unpaired) electrons. The van der Waals surface area contributed by atoms with E-state index in [0.29, 0.717) is 24.3 Å². The van der Waals surface area contributed by atoms with Crippen LogP contribution in [0.1, 0.15) is 50.1 Å². The zero-order valence-corrected chi connectivity index (χ0v) is 11.8. The second-order valence-corrected chi connectivity index (χ2v) is 4.61. The van der Waals surface area contributed by atoms with Gasteiger partial charge < -0.3 is 9.47 Å². The van der Waals surface area contributed by atoms with Gasteiger partial charge in [0.1, 0.15) is 5.69 Å². The van der Waals surface area contributed by atoms with Gasteiger partial charge in [0.15, 0.2) is 11.5 Å². The van der Waals surface area contributed by atoms with Crippen LogP contribution in [0.5, 0.6) is 5.75 Å². The van der Waals surface area contributed by atoms with Gasteiger partial charge in [-0.1, -0.05) is 0 Å². The summed E-state index contributed by atoms with van der Waals surface area (Å²) in [5, 5.41) is 4.19. The van der Waals surface area contributed by atoms with Crippen LogP contribution in [0.3, 0.4) is 0 Å². The standard InChI is InChI=1S/C13H22N2O3/c1-9(2)15-13(12(18-5)8-14-15)11(16)7-6-10(3)17-4/h8-10H,6-7H2,1-5H3. The van der Waals surface area contributed by atoms with Crippen LogP contribution in [0.25, 0.3) is 0 Å². The van der Waals surface area contributed by atoms with Gasteiger partial charge in [-0.25, -0.2) is 0 Å². The van der Waals surface area contributed by atoms with Crippen molar-refractivity contribution < 1.29 is 14.3 Å². The van der Waals surface area contributed by atoms with Gasteiger partial charge in [-0.05, 0) is 27.2 Å². The first kappa shape index (κ1) is 14.7. The lowest BCUT2D eigenvalue weighted by atomic mass is 10.1. The van der Waals surface area contributed by atoms with Gasteiger partial charge in [0.25, 0.3) is 0 Å². The average molecular weight is 254 g/mol. The summed E-state index contributed by atoms with van der Waals surface area (Å²) in [6.07, 6.45) is 2.80. The minimum Gasteiger partial charge on any atom is -0.493 e. The Morgan fingerprint density at radius 1 is 1.39 bits per heavy atom. The van der Waals surface area contributed by atoms with Crippen molar-refractivity contribution >= 4 is 5.78 Å². The van der Waals surface area contributed by atoms with E-state index in [1.165, 1.54) is 0 Å². The van der Waals surface area contributed by atoms with E-state index >= 15 is 0 Å². The van der Waals surface area contributed by atoms with Gasteiger partial charge in [-0.2, -0.15) is 5.10 Å². The van der Waals surface area contributed by atoms with Gasteiger partial charge in [0, 0.05) is 19.6 Å². The first-order valence-electron chi connectivity index (χ1n) is 6.18. The van der Waals surface area contributed by atoms with Crippen molar-refractivity contribution in [2.75, 3.05) is 14.2 Å². The van der Waals surface area contributed by atoms with E-state index in [9.17, 15) is 4.79 Å². The second kappa shape index (κ2) is 6.54. The number of nitrogens with zero attached hydrogens (tertiary/aromatic N) is 2. The summed E-state index contributed by atoms with van der Waals surface area (Å²) in [7, 11) is 3.20. The molecule has 0 N–H and O–H groups in total. The Morgan fingerprint density at radius 2 is 2.06 bits per heavy atom. The summed E-state index contributed by atoms with van der Waals surface area (Å²) < 4.78 is 12.0. The van der Waals surface area contributed by atoms with Gasteiger partial charge in [-0.15, -0.1) is 0 Å². The first-order chi connectivity index (χ1) is 8.51. The van der Waals surface area contributed by atoms with E-state index in [4.69, 9.17) is 9.47 Å². The number of hydrogen-bond acceptors (Lipinski definition) is 4. The molecule has 0 spiro atoms. The largest absolute Gasteiger partial charge is 0.493 e. The molecule has 0 aliphatic carbocycles. The van der Waals surface area contributed by atoms with Gasteiger partial charge in [0.2, 0.25) is 0 Å². The molecule has 0 fully saturated rings. The van der Waals surface area contributed by atoms with Crippen molar-refractivity contribution in [2.24, 2.45) is 0 Å². The van der Waals surface area contributed by atoms with E-state index in [1.54, 1.807) is 25.1 Å². The molecule has 0 amide bonds. The highest BCUT2D eigenvalue weighted by atomic mass is 16.5. The molecule has 1 rings (SSSR count). The molecule has 1 atom stereocenters. The molecule has 1 aromatic rings. The molecule has 0 aliphatic heterocycles. The van der Waals surface area contributed by atoms with E-state index in [0.717, 1.165) is 0 Å². The average Bonchev–Trinajstić information content (AvgIpc) is 2.79. The number of aromatic nitrogens is 2. The van der Waals surface area contributed by atoms with Crippen LogP contribution in [0.2, 0.25) is 0 Å². The predicted molar refractivity (Wildman–Crippen MR) is 69.2 cm³/mol. The van der Waals surface area contributed by atoms with Crippen LogP contribution in [0.4, 0.5) is 0 Å². The smallest absolute Gasteiger partial charge is 0.184 e. The predicted octanol–water partition coefficient (Wildman–Crippen LogP) is 2.47. The Labute approximate surface area is 108 Å². The second-order valence-electron chi connectivity index (χ2n) is 4.61. The van der Waals surface area contributed by atoms with Crippen LogP contribution in [-0.2, 0) is 4.74 Å². The highest BCUT2D eigenvalue weighted by molar-refractivity contribution is 5.97. The molecule has 0 aliphatic rings. The first-order valence-corrected chi connectivity index (χ1v) is 6.18. The maximum absolute atomic E-state index is 12.2. The Bertz CT molecular complexity index is 399. The van der Waals surface area contributed by atoms with Crippen molar-refractivity contribution in [1.82, 2.24) is 9.78 Å². The van der Waals surface area contributed by atoms with Crippen molar-refractivity contribution in [1.29, 1.82) is 0 Å². The molecule has 0 saturated carbocycles. The number of carbonyl (C=O) groups excluding carboxylic acids is 1. The maximum atomic E-state index is 12.2. The summed E-state index contributed by atoms with van der Waals surface area (Å²) >= 11 is 0. The molecule has 1 unspecified atom stereocenters. The minimum absolute atomic E-state index is 0.0435. The Hall–Kier alpha value is -1.36. The summed E-state index contributed by atoms with van der Waals surface area (Å²) in [6, 6.07) is 0.132. The maximum Gasteiger partial charge on any atom is 0.184 e. The Balaban J connectivity index is 2.86. The molecule has 0 aromatic carbocycles. The molecule has 1 aromatic heterocycles. The fourth-order valence-corrected chi connectivity index (χ4v) is 1.72. The number of carbonyl (C=O) groups is 1. The van der Waals surface area contributed by atoms with E-state index in [-0.39, 0.29) is 17.9 Å². The van der Waals surface area contributed by atoms with Gasteiger partial charge in [-0.3, -0.25) is 9.48 Å². The lowest BCUT2D eigenvalue weighted by molar-refractivity contribution is 0.0865. The lowest BCUT2D eigenvalue weighted by Crippen LogP contribution is -2.15. The van der Waals surface area contributed by atoms with Crippen LogP contribution in [0, 0.1) is 0 Å². The number of ketones is 1. The molecule has 5 nitrogen and oxygen atoms in total. The number of hydrogen-bond donors (Lipinski definition) is 0. The molecule has 102 valence electrons. The van der Waals surface area contributed by atoms with E-state index in [1.807, 2.05) is 20.8 Å². The quantitative estimate of drug-likeness (QED) is 0.701. The van der Waals surface area contributed by atoms with Crippen molar-refractivity contribution in [3.8, 4) is 5.75 Å². The SMILES string of the molecule is COc1cnn(C(C)C)c1C(=O)CCC(C)OC. The topological polar surface area (TPSA) is 53.4 Å². The summed E-state index contributed by atoms with van der Waals surface area (Å²) in [5.41, 5.74) is 0.552. The highest BCUT2D eigenvalue weighted by Crippen LogP contribution is 2.23. The molecule has 1 heterocycles. The Morgan fingerprint density at radius 3 is 2.56 bits per heavy atom. The van der Waals surface area contributed by atoms with Crippen LogP contribution >= 0.6 is 0 Å². The molecule has 0 bridgehead atoms. The van der Waals surface area contributed by atoms with Gasteiger partial charge in [0.05, 0.1) is 19.4 Å². The van der Waals surface area contributed by atoms with Crippen molar-refractivity contribution in [2.45, 2.75) is 45.8 Å². The minimum atomic E-state index is 0.0435. The van der Waals surface area contributed by atoms with Crippen molar-refractivity contribution in [3.05, 3.63) is 11.9 Å². The lowest BCUT2D eigenvalue weighted by Gasteiger charge is -2.12. The van der Waals surface area contributed by atoms with Crippen LogP contribution in [0.15, 0.2) is 6.20 Å². The van der Waals surface area contributed by atoms with Crippen LogP contribution in [-0.4, -0.2) is 35.9 Å². The number of methoxy groups -OCH3 is 2. The monoisotopic (exact) mass is 254 g/mol. The number of ether oxygens (including phenoxy) is 2. The fraction of sp³-hybridized carbons (Fsp3) is 0.692. The Kier molecular flexibility index (Phi) is 5.34. The normalized spacial score (nSPS) is 12.8. The fourth-order valence-electron chi connectivity index (χ4n) is 1.72. The van der Waals surface area contributed by atoms with Gasteiger partial charge >= 0.3 is 0 Å². The number of rotatable bonds is 7. The third-order valence-corrected chi connectivity index (χ3v) is 2.92. The zero-order chi connectivity index (χ0) is 13.7. The molecule has 5 heteroatoms.